The molecule has 2 nitrogen and oxygen atoms in total. The van der Waals surface area contributed by atoms with E-state index < -0.39 is 5.82 Å². The molecule has 70 valence electrons. The van der Waals surface area contributed by atoms with E-state index in [1.807, 2.05) is 0 Å². The summed E-state index contributed by atoms with van der Waals surface area (Å²) in [4.78, 5) is 11.1. The maximum absolute atomic E-state index is 13.0. The Bertz CT molecular complexity index is 352. The second-order valence-corrected chi connectivity index (χ2v) is 3.01. The molecule has 0 aromatic heterocycles. The first-order chi connectivity index (χ1) is 6.06. The molecule has 0 aliphatic heterocycles. The number of aryl methyl sites for hydroxylation is 1. The molecule has 0 radical (unpaired) electrons. The summed E-state index contributed by atoms with van der Waals surface area (Å²) in [6, 6.07) is 2.55. The van der Waals surface area contributed by atoms with Gasteiger partial charge in [0.15, 0.2) is 5.78 Å². The van der Waals surface area contributed by atoms with Crippen LogP contribution in [0, 0.1) is 12.7 Å². The molecule has 0 bridgehead atoms. The van der Waals surface area contributed by atoms with Gasteiger partial charge in [0, 0.05) is 11.3 Å². The highest BCUT2D eigenvalue weighted by molar-refractivity contribution is 6.31. The van der Waals surface area contributed by atoms with E-state index in [4.69, 9.17) is 17.3 Å². The number of hydrogen-bond acceptors (Lipinski definition) is 2. The minimum atomic E-state index is -0.442. The Morgan fingerprint density at radius 1 is 1.62 bits per heavy atom. The Kier molecular flexibility index (Phi) is 2.88. The predicted molar refractivity (Wildman–Crippen MR) is 50.6 cm³/mol. The van der Waals surface area contributed by atoms with E-state index in [1.165, 1.54) is 6.07 Å². The molecule has 0 aliphatic carbocycles. The average molecular weight is 202 g/mol. The van der Waals surface area contributed by atoms with E-state index in [0.717, 1.165) is 6.07 Å². The third kappa shape index (κ3) is 1.98. The van der Waals surface area contributed by atoms with Crippen LogP contribution in [0.1, 0.15) is 15.9 Å². The Labute approximate surface area is 80.5 Å². The number of alkyl halides is 1. The molecular formula is C9H9ClFNO. The number of rotatable bonds is 2. The minimum Gasteiger partial charge on any atom is -0.398 e. The van der Waals surface area contributed by atoms with Gasteiger partial charge < -0.3 is 5.73 Å². The maximum atomic E-state index is 13.0. The topological polar surface area (TPSA) is 43.1 Å². The van der Waals surface area contributed by atoms with Crippen LogP contribution in [-0.2, 0) is 0 Å². The average Bonchev–Trinajstić information content (AvgIpc) is 2.10. The quantitative estimate of drug-likeness (QED) is 0.453. The van der Waals surface area contributed by atoms with Crippen molar-refractivity contribution in [1.82, 2.24) is 0 Å². The highest BCUT2D eigenvalue weighted by Gasteiger charge is 2.11. The van der Waals surface area contributed by atoms with Crippen LogP contribution in [0.2, 0.25) is 0 Å². The van der Waals surface area contributed by atoms with Gasteiger partial charge in [0.1, 0.15) is 5.82 Å². The van der Waals surface area contributed by atoms with E-state index in [0.29, 0.717) is 5.56 Å². The fourth-order valence-corrected chi connectivity index (χ4v) is 1.16. The monoisotopic (exact) mass is 201 g/mol. The van der Waals surface area contributed by atoms with Gasteiger partial charge in [-0.05, 0) is 24.6 Å². The van der Waals surface area contributed by atoms with Gasteiger partial charge in [-0.25, -0.2) is 4.39 Å². The van der Waals surface area contributed by atoms with E-state index in [-0.39, 0.29) is 22.9 Å². The van der Waals surface area contributed by atoms with Gasteiger partial charge in [-0.2, -0.15) is 0 Å². The van der Waals surface area contributed by atoms with Crippen LogP contribution in [0.15, 0.2) is 12.1 Å². The second kappa shape index (κ2) is 3.75. The predicted octanol–water partition coefficient (Wildman–Crippen LogP) is 2.14. The molecule has 1 aromatic carbocycles. The van der Waals surface area contributed by atoms with Crippen molar-refractivity contribution in [2.75, 3.05) is 11.6 Å². The van der Waals surface area contributed by atoms with Crippen molar-refractivity contribution in [3.05, 3.63) is 29.1 Å². The third-order valence-corrected chi connectivity index (χ3v) is 2.00. The van der Waals surface area contributed by atoms with Crippen LogP contribution in [0.4, 0.5) is 10.1 Å². The third-order valence-electron chi connectivity index (χ3n) is 1.75. The summed E-state index contributed by atoms with van der Waals surface area (Å²) >= 11 is 5.32. The van der Waals surface area contributed by atoms with Crippen molar-refractivity contribution in [1.29, 1.82) is 0 Å². The zero-order valence-corrected chi connectivity index (χ0v) is 7.86. The van der Waals surface area contributed by atoms with Crippen molar-refractivity contribution in [3.63, 3.8) is 0 Å². The maximum Gasteiger partial charge on any atom is 0.179 e. The van der Waals surface area contributed by atoms with Crippen molar-refractivity contribution in [2.45, 2.75) is 6.92 Å². The van der Waals surface area contributed by atoms with Gasteiger partial charge >= 0.3 is 0 Å². The lowest BCUT2D eigenvalue weighted by atomic mass is 10.1. The zero-order valence-electron chi connectivity index (χ0n) is 7.10. The van der Waals surface area contributed by atoms with Crippen molar-refractivity contribution < 1.29 is 9.18 Å². The highest BCUT2D eigenvalue weighted by atomic mass is 35.5. The number of carbonyl (C=O) groups excluding carboxylic acids is 1. The lowest BCUT2D eigenvalue weighted by Gasteiger charge is -2.04. The van der Waals surface area contributed by atoms with Gasteiger partial charge in [0.25, 0.3) is 0 Å². The normalized spacial score (nSPS) is 10.1. The number of anilines is 1. The van der Waals surface area contributed by atoms with Crippen LogP contribution < -0.4 is 5.73 Å². The fraction of sp³-hybridized carbons (Fsp3) is 0.222. The summed E-state index contributed by atoms with van der Waals surface area (Å²) in [5.41, 5.74) is 6.36. The molecule has 0 saturated carbocycles. The number of hydrogen-bond donors (Lipinski definition) is 1. The van der Waals surface area contributed by atoms with Gasteiger partial charge in [-0.3, -0.25) is 4.79 Å². The molecule has 1 aromatic rings. The van der Waals surface area contributed by atoms with Crippen molar-refractivity contribution in [2.24, 2.45) is 0 Å². The lowest BCUT2D eigenvalue weighted by molar-refractivity contribution is 0.102. The number of benzene rings is 1. The molecule has 13 heavy (non-hydrogen) atoms. The molecule has 1 rings (SSSR count). The largest absolute Gasteiger partial charge is 0.398 e. The first kappa shape index (κ1) is 9.99. The molecule has 4 heteroatoms. The number of halogens is 2. The van der Waals surface area contributed by atoms with Gasteiger partial charge in [0.05, 0.1) is 5.88 Å². The number of nitrogen functional groups attached to an aromatic ring is 1. The highest BCUT2D eigenvalue weighted by Crippen LogP contribution is 2.18. The molecule has 0 fully saturated rings. The Balaban J connectivity index is 3.23. The van der Waals surface area contributed by atoms with Crippen LogP contribution in [0.5, 0.6) is 0 Å². The minimum absolute atomic E-state index is 0.151. The standard InChI is InChI=1S/C9H9ClFNO/c1-5-2-8(12)6(3-7(5)11)9(13)4-10/h2-3H,4,12H2,1H3. The molecule has 0 spiro atoms. The van der Waals surface area contributed by atoms with Crippen LogP contribution in [-0.4, -0.2) is 11.7 Å². The molecule has 0 unspecified atom stereocenters. The van der Waals surface area contributed by atoms with Crippen LogP contribution >= 0.6 is 11.6 Å². The number of Topliss-reactive ketones (excluding diaryl/α,β-unsaturated/α-hetero) is 1. The van der Waals surface area contributed by atoms with Gasteiger partial charge in [0.2, 0.25) is 0 Å². The zero-order chi connectivity index (χ0) is 10.0. The van der Waals surface area contributed by atoms with Crippen molar-refractivity contribution in [3.8, 4) is 0 Å². The molecule has 0 aliphatic rings. The summed E-state index contributed by atoms with van der Waals surface area (Å²) in [7, 11) is 0. The molecule has 0 amide bonds. The van der Waals surface area contributed by atoms with Crippen LogP contribution in [0.3, 0.4) is 0 Å². The fourth-order valence-electron chi connectivity index (χ4n) is 1.02. The smallest absolute Gasteiger partial charge is 0.179 e. The Morgan fingerprint density at radius 2 is 2.23 bits per heavy atom. The second-order valence-electron chi connectivity index (χ2n) is 2.75. The van der Waals surface area contributed by atoms with Crippen molar-refractivity contribution >= 4 is 23.1 Å². The number of ketones is 1. The van der Waals surface area contributed by atoms with Gasteiger partial charge in [-0.15, -0.1) is 11.6 Å². The molecule has 2 N–H and O–H groups in total. The van der Waals surface area contributed by atoms with E-state index in [1.54, 1.807) is 6.92 Å². The van der Waals surface area contributed by atoms with E-state index >= 15 is 0 Å². The number of carbonyl (C=O) groups is 1. The van der Waals surface area contributed by atoms with E-state index in [2.05, 4.69) is 0 Å². The SMILES string of the molecule is Cc1cc(N)c(C(=O)CCl)cc1F. The van der Waals surface area contributed by atoms with Gasteiger partial charge in [-0.1, -0.05) is 0 Å². The number of nitrogens with two attached hydrogens (primary N) is 1. The Morgan fingerprint density at radius 3 is 2.77 bits per heavy atom. The first-order valence-electron chi connectivity index (χ1n) is 3.71. The lowest BCUT2D eigenvalue weighted by Crippen LogP contribution is -2.06. The summed E-state index contributed by atoms with van der Waals surface area (Å²) in [6.07, 6.45) is 0. The van der Waals surface area contributed by atoms with Crippen LogP contribution in [0.25, 0.3) is 0 Å². The summed E-state index contributed by atoms with van der Waals surface area (Å²) < 4.78 is 13.0. The first-order valence-corrected chi connectivity index (χ1v) is 4.24. The summed E-state index contributed by atoms with van der Waals surface area (Å²) in [6.45, 7) is 1.58. The summed E-state index contributed by atoms with van der Waals surface area (Å²) in [5, 5.41) is 0. The van der Waals surface area contributed by atoms with E-state index in [9.17, 15) is 9.18 Å². The molecule has 0 atom stereocenters. The Hall–Kier alpha value is -1.09. The molecule has 0 saturated heterocycles. The summed E-state index contributed by atoms with van der Waals surface area (Å²) in [5.74, 6) is -0.993. The molecule has 0 heterocycles. The molecular weight excluding hydrogens is 193 g/mol.